The molecule has 1 aliphatic carbocycles. The summed E-state index contributed by atoms with van der Waals surface area (Å²) in [4.78, 5) is 15.2. The monoisotopic (exact) mass is 296 g/mol. The minimum Gasteiger partial charge on any atom is -0.370 e. The topological polar surface area (TPSA) is 32.3 Å². The molecule has 3 aliphatic rings. The lowest BCUT2D eigenvalue weighted by Crippen LogP contribution is -2.44. The fourth-order valence-corrected chi connectivity index (χ4v) is 4.23. The van der Waals surface area contributed by atoms with Crippen LogP contribution in [0.25, 0.3) is 11.8 Å². The molecular weight excluding hydrogens is 272 g/mol. The zero-order valence-corrected chi connectivity index (χ0v) is 13.1. The van der Waals surface area contributed by atoms with E-state index in [2.05, 4.69) is 40.6 Å². The van der Waals surface area contributed by atoms with Gasteiger partial charge < -0.3 is 10.2 Å². The Balaban J connectivity index is 1.63. The van der Waals surface area contributed by atoms with Crippen LogP contribution in [0.5, 0.6) is 0 Å². The van der Waals surface area contributed by atoms with Crippen LogP contribution in [0.1, 0.15) is 38.5 Å². The third-order valence-electron chi connectivity index (χ3n) is 5.39. The van der Waals surface area contributed by atoms with Gasteiger partial charge in [-0.3, -0.25) is 4.79 Å². The largest absolute Gasteiger partial charge is 0.370 e. The average Bonchev–Trinajstić information content (AvgIpc) is 3.00. The van der Waals surface area contributed by atoms with E-state index in [1.54, 1.807) is 0 Å². The van der Waals surface area contributed by atoms with Gasteiger partial charge in [0.25, 0.3) is 0 Å². The van der Waals surface area contributed by atoms with Crippen molar-refractivity contribution in [3.63, 3.8) is 0 Å². The van der Waals surface area contributed by atoms with E-state index in [0.717, 1.165) is 32.4 Å². The number of nitrogens with zero attached hydrogens (tertiary/aromatic N) is 1. The molecule has 0 radical (unpaired) electrons. The zero-order chi connectivity index (χ0) is 14.9. The number of benzene rings is 1. The Labute approximate surface area is 131 Å². The number of hydrogen-bond donors (Lipinski definition) is 1. The average molecular weight is 296 g/mol. The van der Waals surface area contributed by atoms with Gasteiger partial charge in [-0.15, -0.1) is 0 Å². The number of nitrogens with one attached hydrogen (secondary N) is 1. The summed E-state index contributed by atoms with van der Waals surface area (Å²) in [5, 5.41) is 5.87. The van der Waals surface area contributed by atoms with E-state index in [9.17, 15) is 4.79 Å². The first-order chi connectivity index (χ1) is 10.8. The highest BCUT2D eigenvalue weighted by atomic mass is 16.2. The summed E-state index contributed by atoms with van der Waals surface area (Å²) in [5.74, 6) is 0.290. The van der Waals surface area contributed by atoms with Gasteiger partial charge in [0, 0.05) is 30.0 Å². The molecule has 116 valence electrons. The Morgan fingerprint density at radius 3 is 2.77 bits per heavy atom. The highest BCUT2D eigenvalue weighted by Crippen LogP contribution is 2.29. The van der Waals surface area contributed by atoms with Crippen molar-refractivity contribution in [1.29, 1.82) is 0 Å². The molecule has 1 aromatic rings. The molecule has 0 aromatic heterocycles. The number of hydrogen-bond acceptors (Lipinski definition) is 2. The van der Waals surface area contributed by atoms with Gasteiger partial charge in [0.05, 0.1) is 5.92 Å². The molecule has 2 aliphatic heterocycles. The summed E-state index contributed by atoms with van der Waals surface area (Å²) in [6.07, 6.45) is 9.39. The van der Waals surface area contributed by atoms with Crippen LogP contribution in [0.2, 0.25) is 0 Å². The summed E-state index contributed by atoms with van der Waals surface area (Å²) in [6, 6.07) is 8.89. The third kappa shape index (κ3) is 2.43. The van der Waals surface area contributed by atoms with Crippen molar-refractivity contribution in [3.8, 4) is 0 Å². The maximum Gasteiger partial charge on any atom is 0.229 e. The molecule has 3 nitrogen and oxygen atoms in total. The second kappa shape index (κ2) is 5.79. The van der Waals surface area contributed by atoms with Gasteiger partial charge >= 0.3 is 0 Å². The number of rotatable bonds is 2. The third-order valence-corrected chi connectivity index (χ3v) is 5.39. The number of carbonyl (C=O) groups is 1. The first-order valence-electron chi connectivity index (χ1n) is 8.68. The molecule has 0 bridgehead atoms. The van der Waals surface area contributed by atoms with Gasteiger partial charge in [0.1, 0.15) is 0 Å². The standard InChI is InChI=1S/C19H24N2O/c22-19(20-15-7-2-1-3-8-15)17-11-13-21-12-10-14-6-4-5-9-16(14)18(17)21/h4-6,9-10,15,17H,1-3,7-8,11-13H2,(H,20,22). The van der Waals surface area contributed by atoms with Gasteiger partial charge in [0.15, 0.2) is 0 Å². The van der Waals surface area contributed by atoms with Crippen molar-refractivity contribution in [2.24, 2.45) is 5.92 Å². The predicted octanol–water partition coefficient (Wildman–Crippen LogP) is 1.36. The highest BCUT2D eigenvalue weighted by Gasteiger charge is 2.35. The first kappa shape index (κ1) is 13.9. The Morgan fingerprint density at radius 1 is 1.09 bits per heavy atom. The molecule has 1 atom stereocenters. The summed E-state index contributed by atoms with van der Waals surface area (Å²) >= 11 is 0. The second-order valence-corrected chi connectivity index (χ2v) is 6.81. The number of fused-ring (bicyclic) bond motifs is 2. The van der Waals surface area contributed by atoms with Crippen LogP contribution in [0, 0.1) is 5.92 Å². The Kier molecular flexibility index (Phi) is 3.65. The van der Waals surface area contributed by atoms with Gasteiger partial charge in [-0.05, 0) is 24.5 Å². The van der Waals surface area contributed by atoms with Crippen molar-refractivity contribution in [3.05, 3.63) is 34.7 Å². The van der Waals surface area contributed by atoms with Crippen LogP contribution in [0.15, 0.2) is 24.3 Å². The zero-order valence-electron chi connectivity index (χ0n) is 13.1. The first-order valence-corrected chi connectivity index (χ1v) is 8.68. The molecule has 4 rings (SSSR count). The van der Waals surface area contributed by atoms with E-state index >= 15 is 0 Å². The second-order valence-electron chi connectivity index (χ2n) is 6.81. The molecular formula is C19H24N2O. The van der Waals surface area contributed by atoms with Gasteiger partial charge in [-0.2, -0.15) is 0 Å². The maximum atomic E-state index is 12.8. The molecule has 1 aromatic carbocycles. The van der Waals surface area contributed by atoms with E-state index in [1.165, 1.54) is 35.4 Å². The van der Waals surface area contributed by atoms with Gasteiger partial charge in [-0.1, -0.05) is 49.6 Å². The molecule has 1 amide bonds. The molecule has 1 N–H and O–H groups in total. The summed E-state index contributed by atoms with van der Waals surface area (Å²) in [7, 11) is 0. The molecule has 1 unspecified atom stereocenters. The van der Waals surface area contributed by atoms with Crippen LogP contribution in [0.3, 0.4) is 0 Å². The molecule has 0 spiro atoms. The summed E-state index contributed by atoms with van der Waals surface area (Å²) in [5.41, 5.74) is 1.26. The SMILES string of the molecule is O=C(NC1CCCCC1)C1CCN2CC=c3ccccc3=C12. The number of amides is 1. The van der Waals surface area contributed by atoms with Crippen molar-refractivity contribution >= 4 is 17.7 Å². The molecule has 1 saturated carbocycles. The van der Waals surface area contributed by atoms with E-state index in [4.69, 9.17) is 0 Å². The van der Waals surface area contributed by atoms with Crippen molar-refractivity contribution in [2.45, 2.75) is 44.6 Å². The van der Waals surface area contributed by atoms with Crippen molar-refractivity contribution in [1.82, 2.24) is 10.2 Å². The Morgan fingerprint density at radius 2 is 1.91 bits per heavy atom. The van der Waals surface area contributed by atoms with E-state index in [-0.39, 0.29) is 11.8 Å². The van der Waals surface area contributed by atoms with E-state index in [1.807, 2.05) is 0 Å². The normalized spacial score (nSPS) is 24.5. The lowest BCUT2D eigenvalue weighted by Gasteiger charge is -2.27. The van der Waals surface area contributed by atoms with Crippen molar-refractivity contribution in [2.75, 3.05) is 13.1 Å². The Bertz CT molecular complexity index is 688. The molecule has 3 heteroatoms. The van der Waals surface area contributed by atoms with Crippen LogP contribution in [-0.4, -0.2) is 29.9 Å². The molecule has 22 heavy (non-hydrogen) atoms. The smallest absolute Gasteiger partial charge is 0.229 e. The number of carbonyl (C=O) groups excluding carboxylic acids is 1. The predicted molar refractivity (Wildman–Crippen MR) is 88.3 cm³/mol. The van der Waals surface area contributed by atoms with Gasteiger partial charge in [-0.25, -0.2) is 0 Å². The summed E-state index contributed by atoms with van der Waals surface area (Å²) < 4.78 is 0. The fourth-order valence-electron chi connectivity index (χ4n) is 4.23. The van der Waals surface area contributed by atoms with Gasteiger partial charge in [0.2, 0.25) is 5.91 Å². The van der Waals surface area contributed by atoms with E-state index in [0.29, 0.717) is 6.04 Å². The fraction of sp³-hybridized carbons (Fsp3) is 0.526. The van der Waals surface area contributed by atoms with E-state index < -0.39 is 0 Å². The van der Waals surface area contributed by atoms with Crippen LogP contribution < -0.4 is 15.8 Å². The quantitative estimate of drug-likeness (QED) is 0.894. The minimum atomic E-state index is 0.0387. The molecule has 2 fully saturated rings. The maximum absolute atomic E-state index is 12.8. The Hall–Kier alpha value is -1.77. The lowest BCUT2D eigenvalue weighted by molar-refractivity contribution is -0.124. The molecule has 1 saturated heterocycles. The van der Waals surface area contributed by atoms with Crippen LogP contribution in [-0.2, 0) is 4.79 Å². The van der Waals surface area contributed by atoms with Crippen LogP contribution in [0.4, 0.5) is 0 Å². The van der Waals surface area contributed by atoms with Crippen molar-refractivity contribution < 1.29 is 4.79 Å². The molecule has 2 heterocycles. The highest BCUT2D eigenvalue weighted by molar-refractivity contribution is 5.88. The minimum absolute atomic E-state index is 0.0387. The van der Waals surface area contributed by atoms with Crippen LogP contribution >= 0.6 is 0 Å². The lowest BCUT2D eigenvalue weighted by atomic mass is 9.94. The summed E-state index contributed by atoms with van der Waals surface area (Å²) in [6.45, 7) is 1.95.